The zero-order chi connectivity index (χ0) is 33.0. The molecule has 0 atom stereocenters. The molecule has 50 heavy (non-hydrogen) atoms. The van der Waals surface area contributed by atoms with Crippen LogP contribution in [0.25, 0.3) is 98.4 Å². The largest absolute Gasteiger partial charge is 0.0616 e. The third-order valence-corrected chi connectivity index (χ3v) is 10.4. The lowest BCUT2D eigenvalue weighted by molar-refractivity contribution is 1.62. The topological polar surface area (TPSA) is 0 Å². The monoisotopic (exact) mass is 632 g/mol. The van der Waals surface area contributed by atoms with Crippen molar-refractivity contribution in [3.8, 4) is 44.5 Å². The minimum atomic E-state index is 1.22. The predicted molar refractivity (Wildman–Crippen MR) is 216 cm³/mol. The highest BCUT2D eigenvalue weighted by molar-refractivity contribution is 6.24. The highest BCUT2D eigenvalue weighted by atomic mass is 14.2. The van der Waals surface area contributed by atoms with Crippen LogP contribution >= 0.6 is 0 Å². The summed E-state index contributed by atoms with van der Waals surface area (Å²) in [5.74, 6) is 0. The molecule has 232 valence electrons. The predicted octanol–water partition coefficient (Wildman–Crippen LogP) is 14.1. The summed E-state index contributed by atoms with van der Waals surface area (Å²) in [6.07, 6.45) is 0. The summed E-state index contributed by atoms with van der Waals surface area (Å²) in [6, 6.07) is 71.5. The molecule has 10 aromatic rings. The molecule has 0 N–H and O–H groups in total. The summed E-state index contributed by atoms with van der Waals surface area (Å²) in [7, 11) is 0. The van der Waals surface area contributed by atoms with E-state index in [-0.39, 0.29) is 0 Å². The van der Waals surface area contributed by atoms with Crippen LogP contribution in [-0.4, -0.2) is 0 Å². The molecule has 0 amide bonds. The molecule has 0 heterocycles. The van der Waals surface area contributed by atoms with Gasteiger partial charge in [-0.15, -0.1) is 0 Å². The van der Waals surface area contributed by atoms with Crippen molar-refractivity contribution in [3.63, 3.8) is 0 Å². The van der Waals surface area contributed by atoms with Crippen molar-refractivity contribution in [3.05, 3.63) is 194 Å². The van der Waals surface area contributed by atoms with E-state index in [2.05, 4.69) is 194 Å². The van der Waals surface area contributed by atoms with Crippen molar-refractivity contribution < 1.29 is 0 Å². The minimum absolute atomic E-state index is 1.22. The molecule has 0 unspecified atom stereocenters. The van der Waals surface area contributed by atoms with Gasteiger partial charge in [-0.25, -0.2) is 0 Å². The first-order valence-corrected chi connectivity index (χ1v) is 17.3. The standard InChI is InChI=1S/C50H32/c1-3-14-35-28-38(26-24-33(35)12-1)37-17-11-18-41(30-37)49-44-20-7-9-22-46(44)50(47-23-10-8-21-45(47)49)48-32-42(31-40-16-5-6-19-43(40)48)39-27-25-34-13-2-4-15-36(34)29-39/h1-32H. The smallest absolute Gasteiger partial charge is 0.00199 e. The Labute approximate surface area is 291 Å². The summed E-state index contributed by atoms with van der Waals surface area (Å²) in [5.41, 5.74) is 9.95. The van der Waals surface area contributed by atoms with E-state index in [9.17, 15) is 0 Å². The van der Waals surface area contributed by atoms with Gasteiger partial charge in [-0.3, -0.25) is 0 Å². The summed E-state index contributed by atoms with van der Waals surface area (Å²) < 4.78 is 0. The van der Waals surface area contributed by atoms with Crippen molar-refractivity contribution in [2.45, 2.75) is 0 Å². The Kier molecular flexibility index (Phi) is 6.60. The second-order valence-electron chi connectivity index (χ2n) is 13.3. The molecule has 0 aliphatic carbocycles. The molecule has 0 saturated carbocycles. The molecule has 0 fully saturated rings. The van der Waals surface area contributed by atoms with Crippen LogP contribution in [0.1, 0.15) is 0 Å². The normalized spacial score (nSPS) is 11.6. The Morgan fingerprint density at radius 3 is 1.22 bits per heavy atom. The summed E-state index contributed by atoms with van der Waals surface area (Å²) in [5, 5.41) is 12.6. The second-order valence-corrected chi connectivity index (χ2v) is 13.3. The molecule has 0 spiro atoms. The molecule has 0 aliphatic rings. The van der Waals surface area contributed by atoms with Gasteiger partial charge in [-0.05, 0) is 129 Å². The van der Waals surface area contributed by atoms with Crippen LogP contribution in [0.4, 0.5) is 0 Å². The maximum absolute atomic E-state index is 2.42. The fraction of sp³-hybridized carbons (Fsp3) is 0. The first-order valence-electron chi connectivity index (χ1n) is 17.3. The van der Waals surface area contributed by atoms with Crippen LogP contribution in [0.5, 0.6) is 0 Å². The summed E-state index contributed by atoms with van der Waals surface area (Å²) >= 11 is 0. The fourth-order valence-corrected chi connectivity index (χ4v) is 8.01. The Morgan fingerprint density at radius 2 is 0.620 bits per heavy atom. The minimum Gasteiger partial charge on any atom is -0.0616 e. The van der Waals surface area contributed by atoms with Gasteiger partial charge >= 0.3 is 0 Å². The Hall–Kier alpha value is -6.50. The highest BCUT2D eigenvalue weighted by Crippen LogP contribution is 2.47. The van der Waals surface area contributed by atoms with Gasteiger partial charge in [0.15, 0.2) is 0 Å². The molecule has 0 aliphatic heterocycles. The third kappa shape index (κ3) is 4.69. The van der Waals surface area contributed by atoms with Gasteiger partial charge in [-0.2, -0.15) is 0 Å². The zero-order valence-corrected chi connectivity index (χ0v) is 27.5. The number of benzene rings is 10. The zero-order valence-electron chi connectivity index (χ0n) is 27.5. The van der Waals surface area contributed by atoms with Crippen LogP contribution in [0.15, 0.2) is 194 Å². The van der Waals surface area contributed by atoms with E-state index in [0.29, 0.717) is 0 Å². The lowest BCUT2D eigenvalue weighted by Crippen LogP contribution is -1.93. The van der Waals surface area contributed by atoms with E-state index in [4.69, 9.17) is 0 Å². The second kappa shape index (κ2) is 11.6. The van der Waals surface area contributed by atoms with Crippen LogP contribution in [0.3, 0.4) is 0 Å². The molecule has 0 aromatic heterocycles. The summed E-state index contributed by atoms with van der Waals surface area (Å²) in [4.78, 5) is 0. The van der Waals surface area contributed by atoms with Gasteiger partial charge in [-0.1, -0.05) is 164 Å². The van der Waals surface area contributed by atoms with Crippen LogP contribution < -0.4 is 0 Å². The molecule has 0 radical (unpaired) electrons. The van der Waals surface area contributed by atoms with Crippen molar-refractivity contribution in [1.82, 2.24) is 0 Å². The maximum Gasteiger partial charge on any atom is -0.00199 e. The van der Waals surface area contributed by atoms with E-state index in [1.807, 2.05) is 0 Å². The van der Waals surface area contributed by atoms with E-state index in [0.717, 1.165) is 0 Å². The quantitative estimate of drug-likeness (QED) is 0.169. The highest BCUT2D eigenvalue weighted by Gasteiger charge is 2.19. The van der Waals surface area contributed by atoms with Crippen LogP contribution in [0, 0.1) is 0 Å². The van der Waals surface area contributed by atoms with Gasteiger partial charge in [0.05, 0.1) is 0 Å². The average Bonchev–Trinajstić information content (AvgIpc) is 3.19. The fourth-order valence-electron chi connectivity index (χ4n) is 8.01. The molecule has 0 saturated heterocycles. The maximum atomic E-state index is 2.42. The lowest BCUT2D eigenvalue weighted by Gasteiger charge is -2.20. The molecule has 0 bridgehead atoms. The average molecular weight is 633 g/mol. The van der Waals surface area contributed by atoms with Crippen LogP contribution in [0.2, 0.25) is 0 Å². The molecule has 10 aromatic carbocycles. The van der Waals surface area contributed by atoms with Crippen molar-refractivity contribution in [2.75, 3.05) is 0 Å². The molecule has 10 rings (SSSR count). The first-order chi connectivity index (χ1) is 24.8. The number of hydrogen-bond donors (Lipinski definition) is 0. The Morgan fingerprint density at radius 1 is 0.200 bits per heavy atom. The van der Waals surface area contributed by atoms with Gasteiger partial charge in [0.25, 0.3) is 0 Å². The van der Waals surface area contributed by atoms with E-state index in [1.54, 1.807) is 0 Å². The first kappa shape index (κ1) is 28.5. The van der Waals surface area contributed by atoms with Crippen molar-refractivity contribution in [2.24, 2.45) is 0 Å². The molecular formula is C50H32. The Bertz CT molecular complexity index is 2870. The molecular weight excluding hydrogens is 601 g/mol. The van der Waals surface area contributed by atoms with Gasteiger partial charge in [0, 0.05) is 0 Å². The van der Waals surface area contributed by atoms with Gasteiger partial charge in [0.1, 0.15) is 0 Å². The summed E-state index contributed by atoms with van der Waals surface area (Å²) in [6.45, 7) is 0. The SMILES string of the molecule is c1cc(-c2ccc3ccccc3c2)cc(-c2c3ccccc3c(-c3cc(-c4ccc5ccccc5c4)cc4ccccc34)c3ccccc23)c1. The lowest BCUT2D eigenvalue weighted by atomic mass is 9.83. The van der Waals surface area contributed by atoms with Crippen LogP contribution in [-0.2, 0) is 0 Å². The molecule has 0 nitrogen and oxygen atoms in total. The number of fused-ring (bicyclic) bond motifs is 5. The van der Waals surface area contributed by atoms with Gasteiger partial charge < -0.3 is 0 Å². The Balaban J connectivity index is 1.23. The van der Waals surface area contributed by atoms with Crippen molar-refractivity contribution >= 4 is 53.9 Å². The number of rotatable bonds is 4. The van der Waals surface area contributed by atoms with Gasteiger partial charge in [0.2, 0.25) is 0 Å². The van der Waals surface area contributed by atoms with E-state index >= 15 is 0 Å². The van der Waals surface area contributed by atoms with E-state index in [1.165, 1.54) is 98.4 Å². The van der Waals surface area contributed by atoms with Crippen molar-refractivity contribution in [1.29, 1.82) is 0 Å². The molecule has 0 heteroatoms. The number of hydrogen-bond acceptors (Lipinski definition) is 0. The third-order valence-electron chi connectivity index (χ3n) is 10.4. The van der Waals surface area contributed by atoms with E-state index < -0.39 is 0 Å².